The molecular weight excluding hydrogens is 232 g/mol. The van der Waals surface area contributed by atoms with Crippen LogP contribution in [0.5, 0.6) is 0 Å². The van der Waals surface area contributed by atoms with E-state index in [0.29, 0.717) is 12.3 Å². The Kier molecular flexibility index (Phi) is 3.92. The van der Waals surface area contributed by atoms with Gasteiger partial charge in [-0.2, -0.15) is 0 Å². The molecule has 0 unspecified atom stereocenters. The lowest BCUT2D eigenvalue weighted by molar-refractivity contribution is -0.384. The van der Waals surface area contributed by atoms with Gasteiger partial charge >= 0.3 is 0 Å². The number of hydrogen-bond acceptors (Lipinski definition) is 4. The minimum Gasteiger partial charge on any atom is -0.372 e. The van der Waals surface area contributed by atoms with E-state index in [0.717, 1.165) is 37.9 Å². The summed E-state index contributed by atoms with van der Waals surface area (Å²) in [5.41, 5.74) is 1.14. The number of rotatable bonds is 4. The fraction of sp³-hybridized carbons (Fsp3) is 0.462. The van der Waals surface area contributed by atoms with E-state index in [-0.39, 0.29) is 10.6 Å². The first-order chi connectivity index (χ1) is 8.70. The molecular formula is C13H16N2O3. The Labute approximate surface area is 106 Å². The highest BCUT2D eigenvalue weighted by molar-refractivity contribution is 5.52. The van der Waals surface area contributed by atoms with E-state index in [1.165, 1.54) is 12.1 Å². The molecule has 1 saturated heterocycles. The Morgan fingerprint density at radius 2 is 1.89 bits per heavy atom. The predicted octanol–water partition coefficient (Wildman–Crippen LogP) is 2.40. The molecule has 0 aliphatic carbocycles. The minimum absolute atomic E-state index is 0.120. The first-order valence-corrected chi connectivity index (χ1v) is 6.13. The van der Waals surface area contributed by atoms with Crippen molar-refractivity contribution in [2.45, 2.75) is 19.3 Å². The number of nitro benzene ring substituents is 1. The summed E-state index contributed by atoms with van der Waals surface area (Å²) < 4.78 is 0. The van der Waals surface area contributed by atoms with Crippen molar-refractivity contribution in [1.29, 1.82) is 0 Å². The van der Waals surface area contributed by atoms with Crippen LogP contribution in [0.2, 0.25) is 0 Å². The van der Waals surface area contributed by atoms with Crippen molar-refractivity contribution in [2.24, 2.45) is 5.92 Å². The van der Waals surface area contributed by atoms with Crippen molar-refractivity contribution in [2.75, 3.05) is 18.0 Å². The average molecular weight is 248 g/mol. The predicted molar refractivity (Wildman–Crippen MR) is 68.7 cm³/mol. The first-order valence-electron chi connectivity index (χ1n) is 6.13. The van der Waals surface area contributed by atoms with Crippen molar-refractivity contribution in [1.82, 2.24) is 0 Å². The lowest BCUT2D eigenvalue weighted by Crippen LogP contribution is -2.33. The third-order valence-electron chi connectivity index (χ3n) is 3.47. The summed E-state index contributed by atoms with van der Waals surface area (Å²) in [6, 6.07) is 6.65. The third-order valence-corrected chi connectivity index (χ3v) is 3.47. The van der Waals surface area contributed by atoms with Gasteiger partial charge in [0.05, 0.1) is 4.92 Å². The van der Waals surface area contributed by atoms with Gasteiger partial charge in [0.15, 0.2) is 0 Å². The monoisotopic (exact) mass is 248 g/mol. The summed E-state index contributed by atoms with van der Waals surface area (Å²) in [5, 5.41) is 10.6. The highest BCUT2D eigenvalue weighted by atomic mass is 16.6. The zero-order valence-corrected chi connectivity index (χ0v) is 10.1. The van der Waals surface area contributed by atoms with Crippen LogP contribution in [-0.2, 0) is 4.79 Å². The normalized spacial score (nSPS) is 16.6. The number of nitro groups is 1. The molecule has 96 valence electrons. The van der Waals surface area contributed by atoms with Gasteiger partial charge in [-0.25, -0.2) is 0 Å². The van der Waals surface area contributed by atoms with Crippen LogP contribution in [0.25, 0.3) is 0 Å². The van der Waals surface area contributed by atoms with Crippen LogP contribution in [-0.4, -0.2) is 24.3 Å². The first kappa shape index (κ1) is 12.5. The number of carbonyl (C=O) groups excluding carboxylic acids is 1. The number of benzene rings is 1. The van der Waals surface area contributed by atoms with Gasteiger partial charge in [-0.1, -0.05) is 0 Å². The zero-order valence-electron chi connectivity index (χ0n) is 10.1. The van der Waals surface area contributed by atoms with Crippen molar-refractivity contribution >= 4 is 17.7 Å². The van der Waals surface area contributed by atoms with Crippen molar-refractivity contribution in [3.05, 3.63) is 34.4 Å². The largest absolute Gasteiger partial charge is 0.372 e. The molecule has 1 aromatic carbocycles. The molecule has 18 heavy (non-hydrogen) atoms. The molecule has 0 aromatic heterocycles. The van der Waals surface area contributed by atoms with Crippen molar-refractivity contribution in [3.8, 4) is 0 Å². The lowest BCUT2D eigenvalue weighted by atomic mass is 9.94. The highest BCUT2D eigenvalue weighted by Gasteiger charge is 2.19. The summed E-state index contributed by atoms with van der Waals surface area (Å²) >= 11 is 0. The summed E-state index contributed by atoms with van der Waals surface area (Å²) in [6.45, 7) is 1.83. The molecule has 0 saturated carbocycles. The second-order valence-corrected chi connectivity index (χ2v) is 4.61. The molecule has 5 heteroatoms. The molecule has 1 aliphatic rings. The number of hydrogen-bond donors (Lipinski definition) is 0. The van der Waals surface area contributed by atoms with E-state index in [9.17, 15) is 14.9 Å². The SMILES string of the molecule is O=CCC1CCN(c2ccc([N+](=O)[O-])cc2)CC1. The Morgan fingerprint density at radius 1 is 1.28 bits per heavy atom. The van der Waals surface area contributed by atoms with Gasteiger partial charge in [0.1, 0.15) is 6.29 Å². The van der Waals surface area contributed by atoms with E-state index in [4.69, 9.17) is 0 Å². The lowest BCUT2D eigenvalue weighted by Gasteiger charge is -2.32. The molecule has 1 aliphatic heterocycles. The molecule has 0 amide bonds. The molecule has 0 radical (unpaired) electrons. The molecule has 0 bridgehead atoms. The third kappa shape index (κ3) is 2.85. The maximum absolute atomic E-state index is 10.6. The minimum atomic E-state index is -0.389. The molecule has 0 N–H and O–H groups in total. The summed E-state index contributed by atoms with van der Waals surface area (Å²) in [4.78, 5) is 22.8. The quantitative estimate of drug-likeness (QED) is 0.466. The summed E-state index contributed by atoms with van der Waals surface area (Å²) in [6.07, 6.45) is 3.66. The molecule has 1 aromatic rings. The summed E-state index contributed by atoms with van der Waals surface area (Å²) in [7, 11) is 0. The molecule has 1 fully saturated rings. The maximum atomic E-state index is 10.6. The highest BCUT2D eigenvalue weighted by Crippen LogP contribution is 2.26. The van der Waals surface area contributed by atoms with E-state index >= 15 is 0 Å². The Balaban J connectivity index is 1.97. The van der Waals surface area contributed by atoms with Crippen LogP contribution in [0, 0.1) is 16.0 Å². The number of anilines is 1. The van der Waals surface area contributed by atoms with Crippen LogP contribution >= 0.6 is 0 Å². The standard InChI is InChI=1S/C13H16N2O3/c16-10-7-11-5-8-14(9-6-11)12-1-3-13(4-2-12)15(17)18/h1-4,10-11H,5-9H2. The number of carbonyl (C=O) groups is 1. The number of nitrogens with zero attached hydrogens (tertiary/aromatic N) is 2. The molecule has 1 heterocycles. The van der Waals surface area contributed by atoms with Gasteiger partial charge in [0.25, 0.3) is 5.69 Å². The van der Waals surface area contributed by atoms with Gasteiger partial charge in [0.2, 0.25) is 0 Å². The van der Waals surface area contributed by atoms with E-state index in [1.54, 1.807) is 12.1 Å². The molecule has 5 nitrogen and oxygen atoms in total. The van der Waals surface area contributed by atoms with E-state index < -0.39 is 0 Å². The Morgan fingerprint density at radius 3 is 2.39 bits per heavy atom. The van der Waals surface area contributed by atoms with Crippen LogP contribution in [0.15, 0.2) is 24.3 Å². The van der Waals surface area contributed by atoms with Gasteiger partial charge in [0, 0.05) is 37.3 Å². The van der Waals surface area contributed by atoms with Crippen LogP contribution in [0.1, 0.15) is 19.3 Å². The van der Waals surface area contributed by atoms with Gasteiger partial charge in [-0.3, -0.25) is 10.1 Å². The maximum Gasteiger partial charge on any atom is 0.269 e. The average Bonchev–Trinajstić information content (AvgIpc) is 2.40. The number of piperidine rings is 1. The second-order valence-electron chi connectivity index (χ2n) is 4.61. The van der Waals surface area contributed by atoms with E-state index in [2.05, 4.69) is 4.90 Å². The van der Waals surface area contributed by atoms with Crippen molar-refractivity contribution in [3.63, 3.8) is 0 Å². The zero-order chi connectivity index (χ0) is 13.0. The van der Waals surface area contributed by atoms with E-state index in [1.807, 2.05) is 0 Å². The Bertz CT molecular complexity index is 422. The smallest absolute Gasteiger partial charge is 0.269 e. The second kappa shape index (κ2) is 5.62. The van der Waals surface area contributed by atoms with Crippen LogP contribution in [0.3, 0.4) is 0 Å². The number of non-ortho nitro benzene ring substituents is 1. The van der Waals surface area contributed by atoms with Crippen LogP contribution in [0.4, 0.5) is 11.4 Å². The molecule has 2 rings (SSSR count). The van der Waals surface area contributed by atoms with Crippen LogP contribution < -0.4 is 4.90 Å². The van der Waals surface area contributed by atoms with Gasteiger partial charge in [-0.15, -0.1) is 0 Å². The fourth-order valence-electron chi connectivity index (χ4n) is 2.35. The summed E-state index contributed by atoms with van der Waals surface area (Å²) in [5.74, 6) is 0.497. The molecule has 0 spiro atoms. The Hall–Kier alpha value is -1.91. The molecule has 0 atom stereocenters. The topological polar surface area (TPSA) is 63.5 Å². The fourth-order valence-corrected chi connectivity index (χ4v) is 2.35. The number of aldehydes is 1. The van der Waals surface area contributed by atoms with Gasteiger partial charge in [-0.05, 0) is 30.9 Å². The van der Waals surface area contributed by atoms with Crippen molar-refractivity contribution < 1.29 is 9.72 Å². The van der Waals surface area contributed by atoms with Gasteiger partial charge < -0.3 is 9.69 Å².